The van der Waals surface area contributed by atoms with Crippen LogP contribution in [0.25, 0.3) is 10.8 Å². The number of ketones is 1. The molecule has 274 valence electrons. The first-order chi connectivity index (χ1) is 26.9. The first kappa shape index (κ1) is 36.7. The second-order valence-corrected chi connectivity index (χ2v) is 13.7. The number of oxime groups is 2. The molecule has 0 spiro atoms. The van der Waals surface area contributed by atoms with E-state index in [9.17, 15) is 14.4 Å². The van der Waals surface area contributed by atoms with Crippen molar-refractivity contribution in [2.75, 3.05) is 4.90 Å². The number of carbonyl (C=O) groups excluding carboxylic acids is 3. The molecule has 6 aromatic rings. The average molecular weight is 728 g/mol. The minimum absolute atomic E-state index is 0.0355. The van der Waals surface area contributed by atoms with Crippen molar-refractivity contribution in [1.82, 2.24) is 0 Å². The highest BCUT2D eigenvalue weighted by Gasteiger charge is 2.24. The van der Waals surface area contributed by atoms with Gasteiger partial charge in [-0.05, 0) is 92.2 Å². The number of hydrogen-bond donors (Lipinski definition) is 0. The van der Waals surface area contributed by atoms with Gasteiger partial charge in [0.25, 0.3) is 0 Å². The first-order valence-corrected chi connectivity index (χ1v) is 18.6. The Morgan fingerprint density at radius 3 is 1.73 bits per heavy atom. The predicted molar refractivity (Wildman–Crippen MR) is 218 cm³/mol. The number of rotatable bonds is 11. The molecular weight excluding hydrogens is 687 g/mol. The lowest BCUT2D eigenvalue weighted by Crippen LogP contribution is -2.18. The Balaban J connectivity index is 1.26. The lowest BCUT2D eigenvalue weighted by atomic mass is 9.84. The molecule has 8 nitrogen and oxygen atoms in total. The van der Waals surface area contributed by atoms with E-state index >= 15 is 0 Å². The first-order valence-electron chi connectivity index (χ1n) is 18.6. The van der Waals surface area contributed by atoms with Gasteiger partial charge in [0.1, 0.15) is 0 Å². The molecule has 6 aromatic carbocycles. The van der Waals surface area contributed by atoms with E-state index in [2.05, 4.69) is 15.2 Å². The molecule has 1 fully saturated rings. The van der Waals surface area contributed by atoms with Crippen molar-refractivity contribution < 1.29 is 24.1 Å². The van der Waals surface area contributed by atoms with Gasteiger partial charge in [-0.2, -0.15) is 0 Å². The molecule has 0 unspecified atom stereocenters. The van der Waals surface area contributed by atoms with Crippen LogP contribution in [0.3, 0.4) is 0 Å². The summed E-state index contributed by atoms with van der Waals surface area (Å²) < 4.78 is 0. The summed E-state index contributed by atoms with van der Waals surface area (Å²) >= 11 is 0. The molecule has 0 atom stereocenters. The van der Waals surface area contributed by atoms with Gasteiger partial charge in [-0.3, -0.25) is 4.79 Å². The molecule has 0 saturated heterocycles. The second kappa shape index (κ2) is 17.0. The molecular formula is C47H41N3O5. The van der Waals surface area contributed by atoms with E-state index in [0.717, 1.165) is 64.6 Å². The number of benzene rings is 6. The van der Waals surface area contributed by atoms with Crippen molar-refractivity contribution in [3.63, 3.8) is 0 Å². The van der Waals surface area contributed by atoms with E-state index in [1.54, 1.807) is 55.5 Å². The van der Waals surface area contributed by atoms with Crippen LogP contribution >= 0.6 is 0 Å². The quantitative estimate of drug-likeness (QED) is 0.0570. The molecule has 0 aliphatic heterocycles. The van der Waals surface area contributed by atoms with E-state index in [0.29, 0.717) is 28.1 Å². The summed E-state index contributed by atoms with van der Waals surface area (Å²) in [6.45, 7) is 3.61. The third kappa shape index (κ3) is 8.44. The number of fused-ring (bicyclic) bond motifs is 1. The summed E-state index contributed by atoms with van der Waals surface area (Å²) in [6.07, 6.45) is 5.17. The fourth-order valence-electron chi connectivity index (χ4n) is 7.05. The maximum Gasteiger partial charge on any atom is 0.365 e. The molecule has 55 heavy (non-hydrogen) atoms. The highest BCUT2D eigenvalue weighted by Crippen LogP contribution is 2.41. The van der Waals surface area contributed by atoms with E-state index in [-0.39, 0.29) is 11.7 Å². The van der Waals surface area contributed by atoms with Gasteiger partial charge >= 0.3 is 11.9 Å². The standard InChI is InChI=1S/C47H41N3O5/c1-32(48-54-46(52)36-17-8-4-9-18-36)34-25-27-39(28-26-34)50(40-22-14-21-38(31-40)45(51)35-15-6-3-7-16-35)44-30-29-41(42-23-12-13-24-43(42)44)33(2)49-55-47(53)37-19-10-5-11-20-37/h4-5,8-14,17-31,35H,3,6-7,15-16H2,1-2H3/b48-32-,49-33+. The average Bonchev–Trinajstić information content (AvgIpc) is 3.25. The second-order valence-electron chi connectivity index (χ2n) is 13.7. The van der Waals surface area contributed by atoms with Crippen molar-refractivity contribution in [2.45, 2.75) is 46.0 Å². The van der Waals surface area contributed by atoms with E-state index in [4.69, 9.17) is 9.68 Å². The van der Waals surface area contributed by atoms with Gasteiger partial charge in [-0.15, -0.1) is 0 Å². The highest BCUT2D eigenvalue weighted by molar-refractivity contribution is 6.13. The van der Waals surface area contributed by atoms with Crippen LogP contribution in [0.4, 0.5) is 17.1 Å². The Hall–Kier alpha value is -6.67. The SMILES string of the molecule is C/C(=N/OC(=O)c1ccccc1)c1ccc(N(c2cccc(C(=O)C3CCCCC3)c2)c2ccc(/C(C)=N/OC(=O)c3ccccc3)c3ccccc23)cc1. The fraction of sp³-hybridized carbons (Fsp3) is 0.170. The van der Waals surface area contributed by atoms with Crippen molar-refractivity contribution >= 4 is 57.0 Å². The predicted octanol–water partition coefficient (Wildman–Crippen LogP) is 11.2. The molecule has 0 N–H and O–H groups in total. The number of Topliss-reactive ketones (excluding diaryl/α,β-unsaturated/α-hetero) is 1. The lowest BCUT2D eigenvalue weighted by molar-refractivity contribution is 0.0508. The third-order valence-corrected chi connectivity index (χ3v) is 9.99. The van der Waals surface area contributed by atoms with Crippen molar-refractivity contribution in [1.29, 1.82) is 0 Å². The van der Waals surface area contributed by atoms with E-state index < -0.39 is 11.9 Å². The minimum Gasteiger partial charge on any atom is -0.313 e. The van der Waals surface area contributed by atoms with Crippen LogP contribution in [0, 0.1) is 5.92 Å². The zero-order chi connectivity index (χ0) is 38.1. The Kier molecular flexibility index (Phi) is 11.3. The molecule has 1 aliphatic rings. The number of nitrogens with zero attached hydrogens (tertiary/aromatic N) is 3. The normalized spacial score (nSPS) is 13.6. The zero-order valence-electron chi connectivity index (χ0n) is 30.9. The van der Waals surface area contributed by atoms with E-state index in [1.807, 2.05) is 104 Å². The Morgan fingerprint density at radius 1 is 0.527 bits per heavy atom. The van der Waals surface area contributed by atoms with Crippen molar-refractivity contribution in [2.24, 2.45) is 16.2 Å². The largest absolute Gasteiger partial charge is 0.365 e. The zero-order valence-corrected chi connectivity index (χ0v) is 30.9. The van der Waals surface area contributed by atoms with Crippen LogP contribution in [-0.2, 0) is 9.68 Å². The van der Waals surface area contributed by atoms with Gasteiger partial charge in [0.2, 0.25) is 0 Å². The van der Waals surface area contributed by atoms with Gasteiger partial charge in [-0.1, -0.05) is 121 Å². The summed E-state index contributed by atoms with van der Waals surface area (Å²) in [5.41, 5.74) is 6.77. The molecule has 1 saturated carbocycles. The maximum atomic E-state index is 13.8. The monoisotopic (exact) mass is 727 g/mol. The summed E-state index contributed by atoms with van der Waals surface area (Å²) in [5.74, 6) is -0.845. The third-order valence-electron chi connectivity index (χ3n) is 9.99. The summed E-state index contributed by atoms with van der Waals surface area (Å²) in [7, 11) is 0. The Morgan fingerprint density at radius 2 is 1.09 bits per heavy atom. The van der Waals surface area contributed by atoms with Gasteiger partial charge in [0, 0.05) is 33.8 Å². The molecule has 8 heteroatoms. The topological polar surface area (TPSA) is 97.6 Å². The fourth-order valence-corrected chi connectivity index (χ4v) is 7.05. The van der Waals surface area contributed by atoms with Crippen molar-refractivity contribution in [3.05, 3.63) is 173 Å². The number of hydrogen-bond acceptors (Lipinski definition) is 8. The van der Waals surface area contributed by atoms with Crippen molar-refractivity contribution in [3.8, 4) is 0 Å². The van der Waals surface area contributed by atoms with Crippen LogP contribution in [0.5, 0.6) is 0 Å². The van der Waals surface area contributed by atoms with Crippen LogP contribution in [0.15, 0.2) is 156 Å². The Bertz CT molecular complexity index is 2380. The summed E-state index contributed by atoms with van der Waals surface area (Å²) in [6, 6.07) is 45.2. The minimum atomic E-state index is -0.534. The Labute approximate surface area is 320 Å². The van der Waals surface area contributed by atoms with Gasteiger partial charge < -0.3 is 14.6 Å². The molecule has 7 rings (SSSR count). The smallest absolute Gasteiger partial charge is 0.313 e. The molecule has 1 aliphatic carbocycles. The number of carbonyl (C=O) groups is 3. The van der Waals surface area contributed by atoms with Crippen LogP contribution < -0.4 is 4.90 Å². The van der Waals surface area contributed by atoms with Gasteiger partial charge in [0.05, 0.1) is 28.2 Å². The molecule has 0 aromatic heterocycles. The van der Waals surface area contributed by atoms with Crippen LogP contribution in [0.1, 0.15) is 88.2 Å². The van der Waals surface area contributed by atoms with Crippen LogP contribution in [-0.4, -0.2) is 29.1 Å². The van der Waals surface area contributed by atoms with Crippen LogP contribution in [0.2, 0.25) is 0 Å². The van der Waals surface area contributed by atoms with E-state index in [1.165, 1.54) is 6.42 Å². The molecule has 0 bridgehead atoms. The molecule has 0 radical (unpaired) electrons. The van der Waals surface area contributed by atoms with Gasteiger partial charge in [-0.25, -0.2) is 9.59 Å². The molecule has 0 amide bonds. The maximum absolute atomic E-state index is 13.8. The number of anilines is 3. The summed E-state index contributed by atoms with van der Waals surface area (Å²) in [5, 5.41) is 10.2. The highest BCUT2D eigenvalue weighted by atomic mass is 16.7. The van der Waals surface area contributed by atoms with Gasteiger partial charge in [0.15, 0.2) is 5.78 Å². The lowest BCUT2D eigenvalue weighted by Gasteiger charge is -2.28. The summed E-state index contributed by atoms with van der Waals surface area (Å²) in [4.78, 5) is 51.7. The molecule has 0 heterocycles.